The number of carbonyl (C=O) groups is 1. The number of rotatable bonds is 4. The maximum atomic E-state index is 12.0. The molecule has 0 radical (unpaired) electrons. The van der Waals surface area contributed by atoms with E-state index in [1.165, 1.54) is 22.5 Å². The van der Waals surface area contributed by atoms with Crippen molar-refractivity contribution < 1.29 is 9.53 Å². The predicted molar refractivity (Wildman–Crippen MR) is 86.0 cm³/mol. The quantitative estimate of drug-likeness (QED) is 0.666. The Morgan fingerprint density at radius 2 is 2.10 bits per heavy atom. The molecule has 0 N–H and O–H groups in total. The van der Waals surface area contributed by atoms with Gasteiger partial charge in [-0.1, -0.05) is 11.6 Å². The Morgan fingerprint density at radius 1 is 1.29 bits per heavy atom. The fourth-order valence-corrected chi connectivity index (χ4v) is 3.88. The number of aromatic nitrogens is 2. The third-order valence-corrected chi connectivity index (χ3v) is 5.51. The minimum Gasteiger partial charge on any atom is -0.469 e. The Kier molecular flexibility index (Phi) is 3.93. The molecule has 0 spiro atoms. The van der Waals surface area contributed by atoms with E-state index in [0.29, 0.717) is 15.1 Å². The van der Waals surface area contributed by atoms with E-state index < -0.39 is 0 Å². The Hall–Kier alpha value is -1.50. The van der Waals surface area contributed by atoms with Crippen molar-refractivity contribution in [3.63, 3.8) is 0 Å². The summed E-state index contributed by atoms with van der Waals surface area (Å²) in [5.41, 5.74) is 1.09. The van der Waals surface area contributed by atoms with Crippen LogP contribution in [0.1, 0.15) is 20.1 Å². The molecule has 21 heavy (non-hydrogen) atoms. The summed E-state index contributed by atoms with van der Waals surface area (Å²) in [6.07, 6.45) is 1.46. The molecule has 0 aliphatic rings. The number of ether oxygens (including phenoxy) is 1. The number of hydrogen-bond donors (Lipinski definition) is 0. The van der Waals surface area contributed by atoms with Gasteiger partial charge in [0, 0.05) is 4.88 Å². The maximum Gasteiger partial charge on any atom is 0.226 e. The molecule has 3 heterocycles. The summed E-state index contributed by atoms with van der Waals surface area (Å²) in [5.74, 6) is 0.348. The highest BCUT2D eigenvalue weighted by molar-refractivity contribution is 7.19. The van der Waals surface area contributed by atoms with Gasteiger partial charge < -0.3 is 4.74 Å². The van der Waals surface area contributed by atoms with Gasteiger partial charge in [0.25, 0.3) is 0 Å². The van der Waals surface area contributed by atoms with Gasteiger partial charge in [-0.15, -0.1) is 22.7 Å². The van der Waals surface area contributed by atoms with E-state index in [-0.39, 0.29) is 12.4 Å². The van der Waals surface area contributed by atoms with Gasteiger partial charge in [0.1, 0.15) is 11.2 Å². The third-order valence-electron chi connectivity index (χ3n) is 3.12. The van der Waals surface area contributed by atoms with Gasteiger partial charge in [0.2, 0.25) is 11.7 Å². The summed E-state index contributed by atoms with van der Waals surface area (Å²) in [6.45, 7) is 3.98. The Morgan fingerprint density at radius 3 is 2.81 bits per heavy atom. The zero-order valence-corrected chi connectivity index (χ0v) is 13.7. The average molecular weight is 339 g/mol. The Balaban J connectivity index is 1.84. The molecule has 0 fully saturated rings. The number of nitrogens with zero attached hydrogens (tertiary/aromatic N) is 2. The SMILES string of the molecule is Cc1sc2ncnc(OCC(=O)c3ccc(Cl)s3)c2c1C. The molecule has 7 heteroatoms. The van der Waals surface area contributed by atoms with Crippen molar-refractivity contribution in [1.82, 2.24) is 9.97 Å². The van der Waals surface area contributed by atoms with Crippen LogP contribution in [-0.4, -0.2) is 22.4 Å². The van der Waals surface area contributed by atoms with Gasteiger partial charge in [-0.05, 0) is 31.5 Å². The van der Waals surface area contributed by atoms with E-state index in [1.807, 2.05) is 13.8 Å². The topological polar surface area (TPSA) is 52.1 Å². The Bertz CT molecular complexity index is 826. The van der Waals surface area contributed by atoms with Crippen LogP contribution in [0.4, 0.5) is 0 Å². The first kappa shape index (κ1) is 14.4. The smallest absolute Gasteiger partial charge is 0.226 e. The highest BCUT2D eigenvalue weighted by atomic mass is 35.5. The molecule has 0 amide bonds. The molecule has 3 rings (SSSR count). The van der Waals surface area contributed by atoms with Crippen molar-refractivity contribution in [1.29, 1.82) is 0 Å². The highest BCUT2D eigenvalue weighted by Crippen LogP contribution is 2.33. The fraction of sp³-hybridized carbons (Fsp3) is 0.214. The number of fused-ring (bicyclic) bond motifs is 1. The summed E-state index contributed by atoms with van der Waals surface area (Å²) in [4.78, 5) is 23.1. The van der Waals surface area contributed by atoms with Crippen LogP contribution in [0.2, 0.25) is 4.34 Å². The minimum absolute atomic E-state index is 0.0582. The third kappa shape index (κ3) is 2.79. The van der Waals surface area contributed by atoms with Crippen molar-refractivity contribution in [3.05, 3.63) is 38.1 Å². The van der Waals surface area contributed by atoms with Gasteiger partial charge in [-0.3, -0.25) is 4.79 Å². The standard InChI is InChI=1S/C14H11ClN2O2S2/c1-7-8(2)20-14-12(7)13(16-6-17-14)19-5-9(18)10-3-4-11(15)21-10/h3-4,6H,5H2,1-2H3. The van der Waals surface area contributed by atoms with E-state index in [1.54, 1.807) is 23.5 Å². The van der Waals surface area contributed by atoms with Crippen LogP contribution in [0.3, 0.4) is 0 Å². The number of hydrogen-bond acceptors (Lipinski definition) is 6. The van der Waals surface area contributed by atoms with Gasteiger partial charge >= 0.3 is 0 Å². The predicted octanol–water partition coefficient (Wildman–Crippen LogP) is 4.28. The number of carbonyl (C=O) groups excluding carboxylic acids is 1. The van der Waals surface area contributed by atoms with E-state index >= 15 is 0 Å². The number of Topliss-reactive ketones (excluding diaryl/α,β-unsaturated/α-hetero) is 1. The molecule has 0 unspecified atom stereocenters. The zero-order valence-electron chi connectivity index (χ0n) is 11.3. The van der Waals surface area contributed by atoms with Crippen LogP contribution >= 0.6 is 34.3 Å². The van der Waals surface area contributed by atoms with Gasteiger partial charge in [0.05, 0.1) is 14.6 Å². The second-order valence-corrected chi connectivity index (χ2v) is 7.38. The van der Waals surface area contributed by atoms with Crippen molar-refractivity contribution in [3.8, 4) is 5.88 Å². The zero-order chi connectivity index (χ0) is 15.0. The molecule has 0 saturated carbocycles. The fourth-order valence-electron chi connectivity index (χ4n) is 1.93. The van der Waals surface area contributed by atoms with E-state index in [0.717, 1.165) is 15.8 Å². The van der Waals surface area contributed by atoms with Crippen molar-refractivity contribution >= 4 is 50.3 Å². The van der Waals surface area contributed by atoms with Crippen LogP contribution in [0.15, 0.2) is 18.5 Å². The molecule has 0 atom stereocenters. The van der Waals surface area contributed by atoms with Crippen LogP contribution in [-0.2, 0) is 0 Å². The Labute approximate surface area is 134 Å². The number of thiophene rings is 2. The van der Waals surface area contributed by atoms with Crippen LogP contribution < -0.4 is 4.74 Å². The lowest BCUT2D eigenvalue weighted by Gasteiger charge is -2.05. The molecule has 4 nitrogen and oxygen atoms in total. The number of halogens is 1. The minimum atomic E-state index is -0.108. The van der Waals surface area contributed by atoms with Crippen molar-refractivity contribution in [2.45, 2.75) is 13.8 Å². The lowest BCUT2D eigenvalue weighted by atomic mass is 10.2. The van der Waals surface area contributed by atoms with Crippen molar-refractivity contribution in [2.24, 2.45) is 0 Å². The molecule has 3 aromatic rings. The van der Waals surface area contributed by atoms with Gasteiger partial charge in [0.15, 0.2) is 6.61 Å². The van der Waals surface area contributed by atoms with E-state index in [9.17, 15) is 4.79 Å². The van der Waals surface area contributed by atoms with E-state index in [2.05, 4.69) is 9.97 Å². The summed E-state index contributed by atoms with van der Waals surface area (Å²) < 4.78 is 6.20. The van der Waals surface area contributed by atoms with E-state index in [4.69, 9.17) is 16.3 Å². The summed E-state index contributed by atoms with van der Waals surface area (Å²) in [7, 11) is 0. The molecular weight excluding hydrogens is 328 g/mol. The molecule has 0 aliphatic heterocycles. The number of ketones is 1. The molecule has 0 bridgehead atoms. The first-order chi connectivity index (χ1) is 10.1. The van der Waals surface area contributed by atoms with Gasteiger partial charge in [-0.2, -0.15) is 0 Å². The first-order valence-electron chi connectivity index (χ1n) is 6.18. The summed E-state index contributed by atoms with van der Waals surface area (Å²) in [6, 6.07) is 3.41. The lowest BCUT2D eigenvalue weighted by Crippen LogP contribution is -2.11. The lowest BCUT2D eigenvalue weighted by molar-refractivity contribution is 0.0923. The molecular formula is C14H11ClN2O2S2. The van der Waals surface area contributed by atoms with Gasteiger partial charge in [-0.25, -0.2) is 9.97 Å². The molecule has 0 aromatic carbocycles. The largest absolute Gasteiger partial charge is 0.469 e. The first-order valence-corrected chi connectivity index (χ1v) is 8.19. The molecule has 0 saturated heterocycles. The summed E-state index contributed by atoms with van der Waals surface area (Å²) >= 11 is 8.67. The second kappa shape index (κ2) is 5.71. The van der Waals surface area contributed by atoms with Crippen LogP contribution in [0.25, 0.3) is 10.2 Å². The average Bonchev–Trinajstić information content (AvgIpc) is 3.01. The molecule has 108 valence electrons. The van der Waals surface area contributed by atoms with Crippen LogP contribution in [0, 0.1) is 13.8 Å². The highest BCUT2D eigenvalue weighted by Gasteiger charge is 2.15. The van der Waals surface area contributed by atoms with Crippen molar-refractivity contribution in [2.75, 3.05) is 6.61 Å². The second-order valence-electron chi connectivity index (χ2n) is 4.46. The van der Waals surface area contributed by atoms with Crippen LogP contribution in [0.5, 0.6) is 5.88 Å². The maximum absolute atomic E-state index is 12.0. The number of aryl methyl sites for hydroxylation is 2. The summed E-state index contributed by atoms with van der Waals surface area (Å²) in [5, 5.41) is 0.886. The molecule has 0 aliphatic carbocycles. The monoisotopic (exact) mass is 338 g/mol. The normalized spacial score (nSPS) is 11.0. The molecule has 3 aromatic heterocycles.